The Kier molecular flexibility index (Phi) is 4.76. The molecule has 2 N–H and O–H groups in total. The van der Waals surface area contributed by atoms with Crippen LogP contribution in [0.25, 0.3) is 11.0 Å². The summed E-state index contributed by atoms with van der Waals surface area (Å²) in [5.41, 5.74) is 2.91. The van der Waals surface area contributed by atoms with Crippen molar-refractivity contribution in [2.75, 3.05) is 26.3 Å². The van der Waals surface area contributed by atoms with E-state index in [1.54, 1.807) is 6.07 Å². The molecule has 5 nitrogen and oxygen atoms in total. The number of likely N-dealkylation sites (tertiary alicyclic amines) is 1. The molecule has 1 saturated heterocycles. The van der Waals surface area contributed by atoms with Gasteiger partial charge in [-0.2, -0.15) is 0 Å². The highest BCUT2D eigenvalue weighted by Gasteiger charge is 2.34. The van der Waals surface area contributed by atoms with Gasteiger partial charge in [0.15, 0.2) is 0 Å². The number of nitrogens with zero attached hydrogens (tertiary/aromatic N) is 1. The van der Waals surface area contributed by atoms with Crippen molar-refractivity contribution in [1.29, 1.82) is 0 Å². The molecular formula is C19H25NO4. The molecule has 1 aromatic carbocycles. The van der Waals surface area contributed by atoms with E-state index < -0.39 is 5.41 Å². The molecule has 0 atom stereocenters. The Morgan fingerprint density at radius 3 is 2.67 bits per heavy atom. The molecule has 0 saturated carbocycles. The van der Waals surface area contributed by atoms with Crippen molar-refractivity contribution in [1.82, 2.24) is 4.90 Å². The summed E-state index contributed by atoms with van der Waals surface area (Å²) < 4.78 is 5.41. The van der Waals surface area contributed by atoms with E-state index in [1.807, 2.05) is 19.9 Å². The van der Waals surface area contributed by atoms with Gasteiger partial charge in [-0.3, -0.25) is 4.90 Å². The van der Waals surface area contributed by atoms with Gasteiger partial charge in [-0.1, -0.05) is 6.07 Å². The first kappa shape index (κ1) is 17.1. The van der Waals surface area contributed by atoms with Gasteiger partial charge >= 0.3 is 5.63 Å². The van der Waals surface area contributed by atoms with Crippen LogP contribution in [0.2, 0.25) is 0 Å². The number of benzene rings is 1. The Hall–Kier alpha value is -1.69. The van der Waals surface area contributed by atoms with Crippen LogP contribution in [0.15, 0.2) is 27.4 Å². The second-order valence-electron chi connectivity index (χ2n) is 7.18. The molecule has 0 spiro atoms. The summed E-state index contributed by atoms with van der Waals surface area (Å²) in [5, 5.41) is 20.3. The van der Waals surface area contributed by atoms with Crippen LogP contribution >= 0.6 is 0 Å². The summed E-state index contributed by atoms with van der Waals surface area (Å²) in [6.07, 6.45) is 1.75. The van der Waals surface area contributed by atoms with Crippen LogP contribution in [0.4, 0.5) is 0 Å². The van der Waals surface area contributed by atoms with E-state index in [0.717, 1.165) is 41.5 Å². The summed E-state index contributed by atoms with van der Waals surface area (Å²) in [6, 6.07) is 5.63. The van der Waals surface area contributed by atoms with Crippen molar-refractivity contribution in [3.05, 3.63) is 45.3 Å². The number of aliphatic hydroxyl groups excluding tert-OH is 2. The minimum absolute atomic E-state index is 0.0180. The molecule has 2 aromatic rings. The Morgan fingerprint density at radius 2 is 1.96 bits per heavy atom. The number of hydrogen-bond donors (Lipinski definition) is 2. The molecule has 0 aliphatic carbocycles. The lowest BCUT2D eigenvalue weighted by atomic mass is 9.81. The molecule has 1 aromatic heterocycles. The minimum Gasteiger partial charge on any atom is -0.422 e. The second-order valence-corrected chi connectivity index (χ2v) is 7.18. The Balaban J connectivity index is 1.97. The van der Waals surface area contributed by atoms with Crippen molar-refractivity contribution >= 4 is 11.0 Å². The Morgan fingerprint density at radius 1 is 1.21 bits per heavy atom. The van der Waals surface area contributed by atoms with E-state index >= 15 is 0 Å². The molecule has 0 amide bonds. The van der Waals surface area contributed by atoms with Crippen molar-refractivity contribution in [3.63, 3.8) is 0 Å². The SMILES string of the molecule is Cc1cc(C)c2oc(=O)cc(CN3CCCC(CO)(CO)C3)c2c1. The van der Waals surface area contributed by atoms with Crippen LogP contribution < -0.4 is 5.63 Å². The predicted molar refractivity (Wildman–Crippen MR) is 93.1 cm³/mol. The third-order valence-electron chi connectivity index (χ3n) is 5.06. The third kappa shape index (κ3) is 3.24. The zero-order chi connectivity index (χ0) is 17.3. The Labute approximate surface area is 141 Å². The maximum absolute atomic E-state index is 12.0. The van der Waals surface area contributed by atoms with Gasteiger partial charge in [-0.15, -0.1) is 0 Å². The number of aryl methyl sites for hydroxylation is 2. The molecular weight excluding hydrogens is 306 g/mol. The first-order valence-corrected chi connectivity index (χ1v) is 8.44. The van der Waals surface area contributed by atoms with Gasteiger partial charge < -0.3 is 14.6 Å². The average molecular weight is 331 g/mol. The topological polar surface area (TPSA) is 73.9 Å². The number of aliphatic hydroxyl groups is 2. The van der Waals surface area contributed by atoms with Crippen molar-refractivity contribution in [2.45, 2.75) is 33.2 Å². The van der Waals surface area contributed by atoms with Crippen LogP contribution in [-0.4, -0.2) is 41.4 Å². The van der Waals surface area contributed by atoms with Crippen molar-refractivity contribution in [3.8, 4) is 0 Å². The maximum Gasteiger partial charge on any atom is 0.336 e. The lowest BCUT2D eigenvalue weighted by Gasteiger charge is -2.40. The predicted octanol–water partition coefficient (Wildman–Crippen LogP) is 1.98. The van der Waals surface area contributed by atoms with Crippen LogP contribution in [0, 0.1) is 19.3 Å². The lowest BCUT2D eigenvalue weighted by molar-refractivity contribution is -0.0131. The average Bonchev–Trinajstić information content (AvgIpc) is 2.56. The van der Waals surface area contributed by atoms with Gasteiger partial charge in [0.05, 0.1) is 13.2 Å². The van der Waals surface area contributed by atoms with Crippen LogP contribution in [-0.2, 0) is 6.54 Å². The van der Waals surface area contributed by atoms with E-state index in [0.29, 0.717) is 18.7 Å². The normalized spacial score (nSPS) is 18.2. The summed E-state index contributed by atoms with van der Waals surface area (Å²) in [7, 11) is 0. The molecule has 130 valence electrons. The van der Waals surface area contributed by atoms with Crippen LogP contribution in [0.1, 0.15) is 29.5 Å². The number of piperidine rings is 1. The first-order valence-electron chi connectivity index (χ1n) is 8.44. The molecule has 0 unspecified atom stereocenters. The van der Waals surface area contributed by atoms with Crippen LogP contribution in [0.5, 0.6) is 0 Å². The van der Waals surface area contributed by atoms with E-state index in [1.165, 1.54) is 0 Å². The summed E-state index contributed by atoms with van der Waals surface area (Å²) in [5.74, 6) is 0. The highest BCUT2D eigenvalue weighted by Crippen LogP contribution is 2.31. The minimum atomic E-state index is -0.445. The van der Waals surface area contributed by atoms with Gasteiger partial charge in [-0.25, -0.2) is 4.79 Å². The quantitative estimate of drug-likeness (QED) is 0.838. The zero-order valence-corrected chi connectivity index (χ0v) is 14.3. The maximum atomic E-state index is 12.0. The van der Waals surface area contributed by atoms with E-state index in [-0.39, 0.29) is 18.8 Å². The molecule has 3 rings (SSSR count). The fraction of sp³-hybridized carbons (Fsp3) is 0.526. The number of fused-ring (bicyclic) bond motifs is 1. The molecule has 24 heavy (non-hydrogen) atoms. The lowest BCUT2D eigenvalue weighted by Crippen LogP contribution is -2.47. The highest BCUT2D eigenvalue weighted by atomic mass is 16.4. The number of hydrogen-bond acceptors (Lipinski definition) is 5. The standard InChI is InChI=1S/C19H25NO4/c1-13-6-14(2)18-16(7-13)15(8-17(23)24-18)9-20-5-3-4-19(10-20,11-21)12-22/h6-8,21-22H,3-5,9-12H2,1-2H3. The van der Waals surface area contributed by atoms with Gasteiger partial charge in [0.2, 0.25) is 0 Å². The molecule has 5 heteroatoms. The van der Waals surface area contributed by atoms with E-state index in [4.69, 9.17) is 4.42 Å². The van der Waals surface area contributed by atoms with Crippen molar-refractivity contribution < 1.29 is 14.6 Å². The fourth-order valence-corrected chi connectivity index (χ4v) is 3.80. The Bertz CT molecular complexity index is 792. The van der Waals surface area contributed by atoms with Gasteiger partial charge in [0.25, 0.3) is 0 Å². The molecule has 2 heterocycles. The smallest absolute Gasteiger partial charge is 0.336 e. The van der Waals surface area contributed by atoms with Gasteiger partial charge in [0, 0.05) is 30.0 Å². The van der Waals surface area contributed by atoms with E-state index in [9.17, 15) is 15.0 Å². The largest absolute Gasteiger partial charge is 0.422 e. The summed E-state index contributed by atoms with van der Waals surface area (Å²) >= 11 is 0. The first-order chi connectivity index (χ1) is 11.5. The zero-order valence-electron chi connectivity index (χ0n) is 14.3. The summed E-state index contributed by atoms with van der Waals surface area (Å²) in [6.45, 7) is 6.09. The molecule has 1 aliphatic heterocycles. The fourth-order valence-electron chi connectivity index (χ4n) is 3.80. The number of rotatable bonds is 4. The van der Waals surface area contributed by atoms with E-state index in [2.05, 4.69) is 11.0 Å². The van der Waals surface area contributed by atoms with Crippen molar-refractivity contribution in [2.24, 2.45) is 5.41 Å². The highest BCUT2D eigenvalue weighted by molar-refractivity contribution is 5.83. The third-order valence-corrected chi connectivity index (χ3v) is 5.06. The summed E-state index contributed by atoms with van der Waals surface area (Å²) in [4.78, 5) is 14.2. The van der Waals surface area contributed by atoms with Gasteiger partial charge in [0.1, 0.15) is 5.58 Å². The van der Waals surface area contributed by atoms with Gasteiger partial charge in [-0.05, 0) is 56.0 Å². The molecule has 1 aliphatic rings. The molecule has 0 bridgehead atoms. The second kappa shape index (κ2) is 6.67. The monoisotopic (exact) mass is 331 g/mol. The molecule has 1 fully saturated rings. The van der Waals surface area contributed by atoms with Crippen LogP contribution in [0.3, 0.4) is 0 Å². The molecule has 0 radical (unpaired) electrons.